The predicted octanol–water partition coefficient (Wildman–Crippen LogP) is 3.59. The van der Waals surface area contributed by atoms with Gasteiger partial charge in [-0.3, -0.25) is 0 Å². The molecule has 0 bridgehead atoms. The summed E-state index contributed by atoms with van der Waals surface area (Å²) in [6.45, 7) is 0. The molecule has 1 aromatic rings. The summed E-state index contributed by atoms with van der Waals surface area (Å²) in [5, 5.41) is 21.6. The lowest BCUT2D eigenvalue weighted by atomic mass is 9.79. The summed E-state index contributed by atoms with van der Waals surface area (Å²) < 4.78 is 0. The zero-order valence-electron chi connectivity index (χ0n) is 10.2. The molecule has 0 spiro atoms. The van der Waals surface area contributed by atoms with Crippen molar-refractivity contribution in [1.82, 2.24) is 0 Å². The summed E-state index contributed by atoms with van der Waals surface area (Å²) in [6.07, 6.45) is 4.12. The van der Waals surface area contributed by atoms with Crippen molar-refractivity contribution in [2.24, 2.45) is 0 Å². The van der Waals surface area contributed by atoms with Crippen LogP contribution in [-0.2, 0) is 6.42 Å². The maximum absolute atomic E-state index is 10.4. The van der Waals surface area contributed by atoms with Crippen molar-refractivity contribution in [3.8, 4) is 0 Å². The maximum atomic E-state index is 10.4. The fourth-order valence-corrected chi connectivity index (χ4v) is 2.90. The van der Waals surface area contributed by atoms with E-state index in [2.05, 4.69) is 0 Å². The Morgan fingerprint density at radius 1 is 1.11 bits per heavy atom. The molecule has 1 saturated carbocycles. The third-order valence-corrected chi connectivity index (χ3v) is 4.49. The summed E-state index contributed by atoms with van der Waals surface area (Å²) in [5.74, 6) is 0. The molecule has 0 heterocycles. The molecule has 2 rings (SSSR count). The Morgan fingerprint density at radius 3 is 2.39 bits per heavy atom. The summed E-state index contributed by atoms with van der Waals surface area (Å²) in [5.41, 5.74) is -0.0411. The van der Waals surface area contributed by atoms with E-state index in [4.69, 9.17) is 23.2 Å². The van der Waals surface area contributed by atoms with E-state index in [1.165, 1.54) is 0 Å². The van der Waals surface area contributed by atoms with Crippen LogP contribution in [0.2, 0.25) is 10.0 Å². The lowest BCUT2D eigenvalue weighted by molar-refractivity contribution is -0.0960. The first-order valence-corrected chi connectivity index (χ1v) is 7.11. The number of benzene rings is 1. The van der Waals surface area contributed by atoms with Crippen LogP contribution in [0, 0.1) is 0 Å². The molecule has 0 amide bonds. The number of halogens is 2. The van der Waals surface area contributed by atoms with E-state index in [1.54, 1.807) is 12.1 Å². The zero-order chi connectivity index (χ0) is 13.2. The van der Waals surface area contributed by atoms with E-state index in [-0.39, 0.29) is 0 Å². The van der Waals surface area contributed by atoms with Gasteiger partial charge in [0.2, 0.25) is 0 Å². The fourth-order valence-electron chi connectivity index (χ4n) is 2.58. The van der Waals surface area contributed by atoms with E-state index >= 15 is 0 Å². The van der Waals surface area contributed by atoms with E-state index in [0.29, 0.717) is 29.3 Å². The van der Waals surface area contributed by atoms with Crippen molar-refractivity contribution >= 4 is 23.2 Å². The molecule has 100 valence electrons. The Hall–Kier alpha value is -0.280. The van der Waals surface area contributed by atoms with Gasteiger partial charge in [0, 0.05) is 6.42 Å². The van der Waals surface area contributed by atoms with Gasteiger partial charge in [-0.05, 0) is 30.5 Å². The minimum Gasteiger partial charge on any atom is -0.390 e. The van der Waals surface area contributed by atoms with E-state index in [9.17, 15) is 10.2 Å². The molecule has 0 saturated heterocycles. The molecule has 18 heavy (non-hydrogen) atoms. The van der Waals surface area contributed by atoms with Gasteiger partial charge in [0.15, 0.2) is 0 Å². The third kappa shape index (κ3) is 3.18. The molecule has 0 aromatic heterocycles. The first kappa shape index (κ1) is 14.1. The first-order valence-electron chi connectivity index (χ1n) is 6.36. The van der Waals surface area contributed by atoms with Crippen LogP contribution in [0.3, 0.4) is 0 Å². The average Bonchev–Trinajstić information content (AvgIpc) is 2.35. The average molecular weight is 289 g/mol. The third-order valence-electron chi connectivity index (χ3n) is 3.75. The molecule has 1 fully saturated rings. The number of aliphatic hydroxyl groups excluding tert-OH is 1. The Labute approximate surface area is 118 Å². The largest absolute Gasteiger partial charge is 0.390 e. The van der Waals surface area contributed by atoms with Crippen molar-refractivity contribution in [2.75, 3.05) is 0 Å². The van der Waals surface area contributed by atoms with Crippen LogP contribution in [0.1, 0.15) is 37.7 Å². The standard InChI is InChI=1S/C14H18Cl2O2/c15-11-5-4-10(8-12(11)16)9-13(17)14(18)6-2-1-3-7-14/h4-5,8,13,17-18H,1-3,6-7,9H2. The van der Waals surface area contributed by atoms with Crippen molar-refractivity contribution in [3.05, 3.63) is 33.8 Å². The van der Waals surface area contributed by atoms with Gasteiger partial charge in [0.1, 0.15) is 0 Å². The lowest BCUT2D eigenvalue weighted by Gasteiger charge is -2.36. The second-order valence-electron chi connectivity index (χ2n) is 5.13. The Kier molecular flexibility index (Phi) is 4.54. The van der Waals surface area contributed by atoms with Crippen LogP contribution in [0.15, 0.2) is 18.2 Å². The van der Waals surface area contributed by atoms with Crippen LogP contribution in [0.25, 0.3) is 0 Å². The van der Waals surface area contributed by atoms with Crippen molar-refractivity contribution in [1.29, 1.82) is 0 Å². The number of hydrogen-bond acceptors (Lipinski definition) is 2. The quantitative estimate of drug-likeness (QED) is 0.892. The highest BCUT2D eigenvalue weighted by Crippen LogP contribution is 2.33. The SMILES string of the molecule is OC(Cc1ccc(Cl)c(Cl)c1)C1(O)CCCCC1. The summed E-state index contributed by atoms with van der Waals surface area (Å²) in [7, 11) is 0. The zero-order valence-corrected chi connectivity index (χ0v) is 11.7. The highest BCUT2D eigenvalue weighted by molar-refractivity contribution is 6.42. The topological polar surface area (TPSA) is 40.5 Å². The summed E-state index contributed by atoms with van der Waals surface area (Å²) in [4.78, 5) is 0. The minimum atomic E-state index is -0.940. The van der Waals surface area contributed by atoms with Crippen molar-refractivity contribution < 1.29 is 10.2 Å². The number of rotatable bonds is 3. The molecular weight excluding hydrogens is 271 g/mol. The smallest absolute Gasteiger partial charge is 0.0908 e. The van der Waals surface area contributed by atoms with E-state index < -0.39 is 11.7 Å². The Balaban J connectivity index is 2.05. The second kappa shape index (κ2) is 5.79. The molecule has 0 radical (unpaired) electrons. The highest BCUT2D eigenvalue weighted by atomic mass is 35.5. The highest BCUT2D eigenvalue weighted by Gasteiger charge is 2.36. The van der Waals surface area contributed by atoms with Gasteiger partial charge in [0.05, 0.1) is 21.8 Å². The van der Waals surface area contributed by atoms with Gasteiger partial charge in [-0.2, -0.15) is 0 Å². The number of hydrogen-bond donors (Lipinski definition) is 2. The molecule has 1 unspecified atom stereocenters. The van der Waals surface area contributed by atoms with Gasteiger partial charge in [-0.25, -0.2) is 0 Å². The van der Waals surface area contributed by atoms with Crippen LogP contribution in [0.4, 0.5) is 0 Å². The van der Waals surface area contributed by atoms with Crippen LogP contribution >= 0.6 is 23.2 Å². The molecule has 4 heteroatoms. The normalized spacial score (nSPS) is 20.7. The molecule has 1 atom stereocenters. The van der Waals surface area contributed by atoms with Gasteiger partial charge < -0.3 is 10.2 Å². The predicted molar refractivity (Wildman–Crippen MR) is 74.2 cm³/mol. The van der Waals surface area contributed by atoms with Crippen molar-refractivity contribution in [3.63, 3.8) is 0 Å². The van der Waals surface area contributed by atoms with Gasteiger partial charge in [-0.15, -0.1) is 0 Å². The van der Waals surface area contributed by atoms with Crippen LogP contribution in [0.5, 0.6) is 0 Å². The monoisotopic (exact) mass is 288 g/mol. The van der Waals surface area contributed by atoms with Gasteiger partial charge >= 0.3 is 0 Å². The Morgan fingerprint density at radius 2 is 1.78 bits per heavy atom. The summed E-state index contributed by atoms with van der Waals surface area (Å²) in [6, 6.07) is 5.31. The molecule has 1 aromatic carbocycles. The Bertz CT molecular complexity index is 414. The summed E-state index contributed by atoms with van der Waals surface area (Å²) >= 11 is 11.8. The number of aliphatic hydroxyl groups is 2. The first-order chi connectivity index (χ1) is 8.51. The maximum Gasteiger partial charge on any atom is 0.0908 e. The van der Waals surface area contributed by atoms with Crippen LogP contribution in [-0.4, -0.2) is 21.9 Å². The molecule has 2 N–H and O–H groups in total. The second-order valence-corrected chi connectivity index (χ2v) is 5.95. The van der Waals surface area contributed by atoms with Crippen LogP contribution < -0.4 is 0 Å². The molecule has 1 aliphatic carbocycles. The molecule has 0 aliphatic heterocycles. The lowest BCUT2D eigenvalue weighted by Crippen LogP contribution is -2.45. The van der Waals surface area contributed by atoms with E-state index in [1.807, 2.05) is 6.07 Å². The van der Waals surface area contributed by atoms with E-state index in [0.717, 1.165) is 24.8 Å². The fraction of sp³-hybridized carbons (Fsp3) is 0.571. The van der Waals surface area contributed by atoms with Crippen molar-refractivity contribution in [2.45, 2.75) is 50.2 Å². The molecule has 1 aliphatic rings. The van der Waals surface area contributed by atoms with Gasteiger partial charge in [-0.1, -0.05) is 48.5 Å². The molecule has 2 nitrogen and oxygen atoms in total. The molecular formula is C14H18Cl2O2. The minimum absolute atomic E-state index is 0.410. The van der Waals surface area contributed by atoms with Gasteiger partial charge in [0.25, 0.3) is 0 Å².